The Labute approximate surface area is 104 Å². The van der Waals surface area contributed by atoms with Gasteiger partial charge in [-0.1, -0.05) is 6.92 Å². The van der Waals surface area contributed by atoms with Crippen molar-refractivity contribution in [3.05, 3.63) is 0 Å². The van der Waals surface area contributed by atoms with E-state index in [1.807, 2.05) is 6.92 Å². The Morgan fingerprint density at radius 2 is 2.12 bits per heavy atom. The van der Waals surface area contributed by atoms with Gasteiger partial charge in [0.15, 0.2) is 0 Å². The van der Waals surface area contributed by atoms with E-state index in [2.05, 4.69) is 20.8 Å². The molecule has 2 bridgehead atoms. The predicted octanol–water partition coefficient (Wildman–Crippen LogP) is 3.07. The summed E-state index contributed by atoms with van der Waals surface area (Å²) in [6.45, 7) is 8.39. The van der Waals surface area contributed by atoms with Crippen LogP contribution in [0.25, 0.3) is 0 Å². The molecule has 3 nitrogen and oxygen atoms in total. The van der Waals surface area contributed by atoms with Gasteiger partial charge in [-0.25, -0.2) is 0 Å². The van der Waals surface area contributed by atoms with Gasteiger partial charge in [-0.15, -0.1) is 0 Å². The molecule has 3 heteroatoms. The lowest BCUT2D eigenvalue weighted by molar-refractivity contribution is -0.278. The number of fused-ring (bicyclic) bond motifs is 3. The normalized spacial score (nSPS) is 39.1. The van der Waals surface area contributed by atoms with E-state index in [1.54, 1.807) is 0 Å². The first kappa shape index (κ1) is 12.9. The van der Waals surface area contributed by atoms with Crippen molar-refractivity contribution in [2.45, 2.75) is 77.1 Å². The average Bonchev–Trinajstić information content (AvgIpc) is 2.19. The highest BCUT2D eigenvalue weighted by atomic mass is 16.6. The summed E-state index contributed by atoms with van der Waals surface area (Å²) in [5.41, 5.74) is -0.345. The van der Waals surface area contributed by atoms with Gasteiger partial charge >= 0.3 is 5.97 Å². The molecular formula is C14H24O3. The van der Waals surface area contributed by atoms with Crippen LogP contribution in [0.1, 0.15) is 59.8 Å². The Morgan fingerprint density at radius 1 is 1.41 bits per heavy atom. The summed E-state index contributed by atoms with van der Waals surface area (Å²) in [6, 6.07) is 0. The largest absolute Gasteiger partial charge is 0.459 e. The maximum atomic E-state index is 11.6. The van der Waals surface area contributed by atoms with Crippen molar-refractivity contribution in [2.75, 3.05) is 0 Å². The molecule has 2 aliphatic heterocycles. The van der Waals surface area contributed by atoms with Crippen LogP contribution in [0, 0.1) is 5.92 Å². The van der Waals surface area contributed by atoms with Crippen molar-refractivity contribution < 1.29 is 14.3 Å². The van der Waals surface area contributed by atoms with Crippen LogP contribution in [0.15, 0.2) is 0 Å². The fraction of sp³-hybridized carbons (Fsp3) is 0.929. The molecule has 2 saturated heterocycles. The fourth-order valence-electron chi connectivity index (χ4n) is 3.27. The standard InChI is InChI=1S/C14H24O3/c1-5-6-12(15)16-11-9-10-7-8-14(11,4)17-13(10,2)3/h10-11H,5-9H2,1-4H3/t10?,11-,14-/m1/s1. The van der Waals surface area contributed by atoms with Crippen molar-refractivity contribution in [2.24, 2.45) is 5.92 Å². The maximum absolute atomic E-state index is 11.6. The fourth-order valence-corrected chi connectivity index (χ4v) is 3.27. The van der Waals surface area contributed by atoms with Crippen molar-refractivity contribution in [1.29, 1.82) is 0 Å². The summed E-state index contributed by atoms with van der Waals surface area (Å²) in [7, 11) is 0. The summed E-state index contributed by atoms with van der Waals surface area (Å²) < 4.78 is 11.8. The van der Waals surface area contributed by atoms with E-state index in [0.29, 0.717) is 12.3 Å². The quantitative estimate of drug-likeness (QED) is 0.711. The zero-order chi connectivity index (χ0) is 12.7. The van der Waals surface area contributed by atoms with Crippen LogP contribution in [0.3, 0.4) is 0 Å². The monoisotopic (exact) mass is 240 g/mol. The molecule has 0 spiro atoms. The van der Waals surface area contributed by atoms with Crippen LogP contribution in [-0.2, 0) is 14.3 Å². The minimum absolute atomic E-state index is 0.0478. The number of hydrogen-bond donors (Lipinski definition) is 0. The Hall–Kier alpha value is -0.570. The van der Waals surface area contributed by atoms with E-state index < -0.39 is 0 Å². The highest BCUT2D eigenvalue weighted by Crippen LogP contribution is 2.50. The van der Waals surface area contributed by atoms with Gasteiger partial charge in [0.25, 0.3) is 0 Å². The summed E-state index contributed by atoms with van der Waals surface area (Å²) in [5, 5.41) is 0. The minimum Gasteiger partial charge on any atom is -0.459 e. The van der Waals surface area contributed by atoms with Crippen molar-refractivity contribution in [1.82, 2.24) is 0 Å². The predicted molar refractivity (Wildman–Crippen MR) is 65.7 cm³/mol. The Bertz CT molecular complexity index is 311. The smallest absolute Gasteiger partial charge is 0.306 e. The van der Waals surface area contributed by atoms with Crippen LogP contribution in [0.5, 0.6) is 0 Å². The highest BCUT2D eigenvalue weighted by molar-refractivity contribution is 5.69. The summed E-state index contributed by atoms with van der Waals surface area (Å²) in [6.07, 6.45) is 4.46. The molecule has 2 heterocycles. The first-order valence-corrected chi connectivity index (χ1v) is 6.77. The van der Waals surface area contributed by atoms with Gasteiger partial charge in [-0.05, 0) is 52.4 Å². The molecule has 1 saturated carbocycles. The molecule has 0 radical (unpaired) electrons. The highest BCUT2D eigenvalue weighted by Gasteiger charge is 2.55. The zero-order valence-electron chi connectivity index (χ0n) is 11.4. The second-order valence-corrected chi connectivity index (χ2v) is 6.22. The van der Waals surface area contributed by atoms with Crippen LogP contribution in [0.2, 0.25) is 0 Å². The molecule has 3 rings (SSSR count). The molecule has 98 valence electrons. The molecule has 17 heavy (non-hydrogen) atoms. The number of rotatable bonds is 3. The van der Waals surface area contributed by atoms with E-state index in [1.165, 1.54) is 6.42 Å². The van der Waals surface area contributed by atoms with Crippen molar-refractivity contribution in [3.8, 4) is 0 Å². The van der Waals surface area contributed by atoms with Crippen LogP contribution in [-0.4, -0.2) is 23.3 Å². The molecule has 0 aromatic heterocycles. The Morgan fingerprint density at radius 3 is 2.65 bits per heavy atom. The molecule has 1 unspecified atom stereocenters. The van der Waals surface area contributed by atoms with Gasteiger partial charge in [0.05, 0.1) is 5.60 Å². The molecule has 0 aromatic carbocycles. The molecule has 3 aliphatic rings. The SMILES string of the molecule is CCCC(=O)O[C@@H]1CC2CC[C@@]1(C)OC2(C)C. The van der Waals surface area contributed by atoms with Gasteiger partial charge < -0.3 is 9.47 Å². The lowest BCUT2D eigenvalue weighted by Crippen LogP contribution is -2.62. The van der Waals surface area contributed by atoms with E-state index >= 15 is 0 Å². The van der Waals surface area contributed by atoms with E-state index in [9.17, 15) is 4.79 Å². The average molecular weight is 240 g/mol. The molecule has 0 amide bonds. The first-order chi connectivity index (χ1) is 7.87. The topological polar surface area (TPSA) is 35.5 Å². The minimum atomic E-state index is -0.276. The molecule has 3 atom stereocenters. The first-order valence-electron chi connectivity index (χ1n) is 6.77. The number of carbonyl (C=O) groups is 1. The summed E-state index contributed by atoms with van der Waals surface area (Å²) in [4.78, 5) is 11.6. The molecule has 0 aromatic rings. The summed E-state index contributed by atoms with van der Waals surface area (Å²) in [5.74, 6) is 0.441. The summed E-state index contributed by atoms with van der Waals surface area (Å²) >= 11 is 0. The number of ether oxygens (including phenoxy) is 2. The van der Waals surface area contributed by atoms with Gasteiger partial charge in [-0.3, -0.25) is 4.79 Å². The number of hydrogen-bond acceptors (Lipinski definition) is 3. The van der Waals surface area contributed by atoms with Gasteiger partial charge in [0.1, 0.15) is 11.7 Å². The third-order valence-electron chi connectivity index (χ3n) is 4.38. The lowest BCUT2D eigenvalue weighted by atomic mass is 9.67. The Kier molecular flexibility index (Phi) is 3.23. The third-order valence-corrected chi connectivity index (χ3v) is 4.38. The molecule has 0 N–H and O–H groups in total. The van der Waals surface area contributed by atoms with Crippen molar-refractivity contribution in [3.63, 3.8) is 0 Å². The van der Waals surface area contributed by atoms with Gasteiger partial charge in [0.2, 0.25) is 0 Å². The second kappa shape index (κ2) is 4.27. The van der Waals surface area contributed by atoms with E-state index in [0.717, 1.165) is 19.3 Å². The second-order valence-electron chi connectivity index (χ2n) is 6.22. The maximum Gasteiger partial charge on any atom is 0.306 e. The van der Waals surface area contributed by atoms with Crippen LogP contribution in [0.4, 0.5) is 0 Å². The molecule has 1 aliphatic carbocycles. The van der Waals surface area contributed by atoms with Gasteiger partial charge in [-0.2, -0.15) is 0 Å². The van der Waals surface area contributed by atoms with E-state index in [4.69, 9.17) is 9.47 Å². The third kappa shape index (κ3) is 2.35. The zero-order valence-corrected chi connectivity index (χ0v) is 11.4. The lowest BCUT2D eigenvalue weighted by Gasteiger charge is -2.57. The van der Waals surface area contributed by atoms with E-state index in [-0.39, 0.29) is 23.3 Å². The van der Waals surface area contributed by atoms with Crippen molar-refractivity contribution >= 4 is 5.97 Å². The molecule has 3 fully saturated rings. The van der Waals surface area contributed by atoms with Crippen LogP contribution >= 0.6 is 0 Å². The number of esters is 1. The molecular weight excluding hydrogens is 216 g/mol. The van der Waals surface area contributed by atoms with Gasteiger partial charge in [0, 0.05) is 6.42 Å². The number of carbonyl (C=O) groups excluding carboxylic acids is 1. The Balaban J connectivity index is 2.05. The van der Waals surface area contributed by atoms with Crippen LogP contribution < -0.4 is 0 Å².